The van der Waals surface area contributed by atoms with Gasteiger partial charge in [0.05, 0.1) is 22.4 Å². The summed E-state index contributed by atoms with van der Waals surface area (Å²) in [5.74, 6) is 1.28. The molecule has 2 rings (SSSR count). The third-order valence-electron chi connectivity index (χ3n) is 2.01. The summed E-state index contributed by atoms with van der Waals surface area (Å²) in [6.07, 6.45) is 5.44. The molecule has 1 saturated heterocycles. The molecule has 1 atom stereocenters. The predicted octanol–water partition coefficient (Wildman–Crippen LogP) is 1.50. The third-order valence-corrected chi connectivity index (χ3v) is 3.89. The molecular formula is C8H10BrN3OS. The summed E-state index contributed by atoms with van der Waals surface area (Å²) < 4.78 is 14.2. The van der Waals surface area contributed by atoms with Gasteiger partial charge in [-0.2, -0.15) is 4.31 Å². The first-order chi connectivity index (χ1) is 6.77. The van der Waals surface area contributed by atoms with Crippen molar-refractivity contribution < 1.29 is 4.55 Å². The summed E-state index contributed by atoms with van der Waals surface area (Å²) in [6.45, 7) is 0.786. The Balaban J connectivity index is 2.16. The van der Waals surface area contributed by atoms with Crippen LogP contribution in [-0.2, 0) is 11.4 Å². The van der Waals surface area contributed by atoms with Gasteiger partial charge < -0.3 is 4.55 Å². The minimum absolute atomic E-state index is 0.561. The minimum atomic E-state index is -0.943. The van der Waals surface area contributed by atoms with E-state index in [0.29, 0.717) is 5.95 Å². The fourth-order valence-corrected chi connectivity index (χ4v) is 2.80. The highest BCUT2D eigenvalue weighted by atomic mass is 79.9. The van der Waals surface area contributed by atoms with Crippen LogP contribution in [0.4, 0.5) is 5.95 Å². The lowest BCUT2D eigenvalue weighted by Gasteiger charge is -2.27. The summed E-state index contributed by atoms with van der Waals surface area (Å²) in [5, 5.41) is 0. The Labute approximate surface area is 94.2 Å². The second kappa shape index (κ2) is 4.46. The van der Waals surface area contributed by atoms with E-state index in [4.69, 9.17) is 0 Å². The van der Waals surface area contributed by atoms with E-state index < -0.39 is 11.4 Å². The molecule has 0 aliphatic carbocycles. The van der Waals surface area contributed by atoms with E-state index in [1.54, 1.807) is 16.7 Å². The molecule has 14 heavy (non-hydrogen) atoms. The van der Waals surface area contributed by atoms with Crippen molar-refractivity contribution in [2.75, 3.05) is 16.6 Å². The Morgan fingerprint density at radius 2 is 2.07 bits per heavy atom. The van der Waals surface area contributed by atoms with Gasteiger partial charge in [0.15, 0.2) is 0 Å². The fourth-order valence-electron chi connectivity index (χ4n) is 1.32. The van der Waals surface area contributed by atoms with Crippen LogP contribution < -0.4 is 4.31 Å². The van der Waals surface area contributed by atoms with E-state index >= 15 is 0 Å². The average Bonchev–Trinajstić information content (AvgIpc) is 2.20. The zero-order valence-corrected chi connectivity index (χ0v) is 9.92. The largest absolute Gasteiger partial charge is 0.593 e. The van der Waals surface area contributed by atoms with E-state index in [-0.39, 0.29) is 0 Å². The van der Waals surface area contributed by atoms with Crippen LogP contribution in [0.1, 0.15) is 12.8 Å². The first-order valence-electron chi connectivity index (χ1n) is 4.41. The molecule has 0 N–H and O–H groups in total. The average molecular weight is 276 g/mol. The number of aromatic nitrogens is 2. The molecule has 0 bridgehead atoms. The predicted molar refractivity (Wildman–Crippen MR) is 59.3 cm³/mol. The number of hydrogen-bond acceptors (Lipinski definition) is 4. The maximum atomic E-state index is 11.6. The van der Waals surface area contributed by atoms with Crippen LogP contribution >= 0.6 is 15.9 Å². The molecule has 76 valence electrons. The third kappa shape index (κ3) is 2.18. The first-order valence-corrected chi connectivity index (χ1v) is 6.48. The van der Waals surface area contributed by atoms with Crippen LogP contribution in [0.2, 0.25) is 0 Å². The number of nitrogens with zero attached hydrogens (tertiary/aromatic N) is 3. The fraction of sp³-hybridized carbons (Fsp3) is 0.500. The van der Waals surface area contributed by atoms with Crippen LogP contribution in [0, 0.1) is 0 Å². The van der Waals surface area contributed by atoms with Gasteiger partial charge in [-0.05, 0) is 28.8 Å². The van der Waals surface area contributed by atoms with Crippen molar-refractivity contribution >= 4 is 33.2 Å². The molecule has 1 aliphatic heterocycles. The Morgan fingerprint density at radius 3 is 2.71 bits per heavy atom. The molecule has 1 aromatic heterocycles. The lowest BCUT2D eigenvalue weighted by atomic mass is 10.3. The van der Waals surface area contributed by atoms with Gasteiger partial charge in [-0.1, -0.05) is 0 Å². The van der Waals surface area contributed by atoms with E-state index in [1.807, 2.05) is 0 Å². The van der Waals surface area contributed by atoms with Gasteiger partial charge >= 0.3 is 0 Å². The molecule has 0 saturated carbocycles. The molecule has 6 heteroatoms. The van der Waals surface area contributed by atoms with Crippen molar-refractivity contribution in [3.63, 3.8) is 0 Å². The second-order valence-electron chi connectivity index (χ2n) is 3.04. The smallest absolute Gasteiger partial charge is 0.267 e. The lowest BCUT2D eigenvalue weighted by Crippen LogP contribution is -2.38. The number of halogens is 1. The highest BCUT2D eigenvalue weighted by Crippen LogP contribution is 2.19. The van der Waals surface area contributed by atoms with Crippen molar-refractivity contribution in [1.29, 1.82) is 0 Å². The molecule has 1 aromatic rings. The van der Waals surface area contributed by atoms with Gasteiger partial charge in [0.1, 0.15) is 5.75 Å². The lowest BCUT2D eigenvalue weighted by molar-refractivity contribution is 0.571. The quantitative estimate of drug-likeness (QED) is 0.729. The van der Waals surface area contributed by atoms with Gasteiger partial charge in [0.2, 0.25) is 0 Å². The molecule has 1 unspecified atom stereocenters. The zero-order chi connectivity index (χ0) is 9.97. The van der Waals surface area contributed by atoms with Gasteiger partial charge in [-0.3, -0.25) is 0 Å². The molecule has 0 radical (unpaired) electrons. The molecule has 0 spiro atoms. The minimum Gasteiger partial charge on any atom is -0.593 e. The SMILES string of the molecule is [O-][S+]1CCCCN1c1ncc(Br)cn1. The zero-order valence-electron chi connectivity index (χ0n) is 7.52. The highest BCUT2D eigenvalue weighted by Gasteiger charge is 2.26. The van der Waals surface area contributed by atoms with Crippen LogP contribution in [0.15, 0.2) is 16.9 Å². The van der Waals surface area contributed by atoms with Crippen molar-refractivity contribution in [3.05, 3.63) is 16.9 Å². The molecule has 0 amide bonds. The van der Waals surface area contributed by atoms with Crippen LogP contribution in [0.25, 0.3) is 0 Å². The van der Waals surface area contributed by atoms with Crippen molar-refractivity contribution in [2.24, 2.45) is 0 Å². The van der Waals surface area contributed by atoms with Gasteiger partial charge in [0.25, 0.3) is 5.95 Å². The Bertz CT molecular complexity index is 308. The summed E-state index contributed by atoms with van der Waals surface area (Å²) >= 11 is 2.32. The number of hydrogen-bond donors (Lipinski definition) is 0. The monoisotopic (exact) mass is 275 g/mol. The Kier molecular flexibility index (Phi) is 3.25. The number of rotatable bonds is 1. The summed E-state index contributed by atoms with van der Waals surface area (Å²) in [7, 11) is 0. The van der Waals surface area contributed by atoms with Crippen LogP contribution in [0.3, 0.4) is 0 Å². The summed E-state index contributed by atoms with van der Waals surface area (Å²) in [4.78, 5) is 8.25. The van der Waals surface area contributed by atoms with Crippen molar-refractivity contribution in [1.82, 2.24) is 9.97 Å². The normalized spacial score (nSPS) is 22.4. The molecule has 1 aliphatic rings. The maximum absolute atomic E-state index is 11.6. The van der Waals surface area contributed by atoms with Crippen LogP contribution in [-0.4, -0.2) is 26.8 Å². The van der Waals surface area contributed by atoms with Crippen molar-refractivity contribution in [3.8, 4) is 0 Å². The molecule has 2 heterocycles. The van der Waals surface area contributed by atoms with Gasteiger partial charge in [-0.15, -0.1) is 0 Å². The number of anilines is 1. The second-order valence-corrected chi connectivity index (χ2v) is 5.44. The topological polar surface area (TPSA) is 52.1 Å². The van der Waals surface area contributed by atoms with Gasteiger partial charge in [-0.25, -0.2) is 9.97 Å². The summed E-state index contributed by atoms with van der Waals surface area (Å²) in [5.41, 5.74) is 0. The van der Waals surface area contributed by atoms with E-state index in [0.717, 1.165) is 29.6 Å². The van der Waals surface area contributed by atoms with Crippen molar-refractivity contribution in [2.45, 2.75) is 12.8 Å². The van der Waals surface area contributed by atoms with Crippen LogP contribution in [0.5, 0.6) is 0 Å². The maximum Gasteiger partial charge on any atom is 0.267 e. The standard InChI is InChI=1S/C8H10BrN3OS/c9-7-5-10-8(11-6-7)12-3-1-2-4-14(12)13/h5-6H,1-4H2. The van der Waals surface area contributed by atoms with E-state index in [9.17, 15) is 4.55 Å². The molecule has 1 fully saturated rings. The molecule has 4 nitrogen and oxygen atoms in total. The highest BCUT2D eigenvalue weighted by molar-refractivity contribution is 9.10. The Morgan fingerprint density at radius 1 is 1.36 bits per heavy atom. The van der Waals surface area contributed by atoms with E-state index in [1.165, 1.54) is 0 Å². The van der Waals surface area contributed by atoms with E-state index in [2.05, 4.69) is 25.9 Å². The first kappa shape index (κ1) is 10.2. The van der Waals surface area contributed by atoms with Gasteiger partial charge in [0, 0.05) is 12.4 Å². The molecular weight excluding hydrogens is 266 g/mol. The molecule has 0 aromatic carbocycles. The summed E-state index contributed by atoms with van der Waals surface area (Å²) in [6, 6.07) is 0. The Hall–Kier alpha value is -0.330.